The van der Waals surface area contributed by atoms with Crippen LogP contribution in [0.3, 0.4) is 0 Å². The first kappa shape index (κ1) is 29.3. The summed E-state index contributed by atoms with van der Waals surface area (Å²) in [6, 6.07) is 22.7. The summed E-state index contributed by atoms with van der Waals surface area (Å²) in [5, 5.41) is 27.8. The lowest BCUT2D eigenvalue weighted by molar-refractivity contribution is 0.104. The second-order valence-electron chi connectivity index (χ2n) is 11.2. The normalized spacial score (nSPS) is 20.4. The molecule has 2 unspecified atom stereocenters. The highest BCUT2D eigenvalue weighted by molar-refractivity contribution is 7.20. The Morgan fingerprint density at radius 2 is 0.900 bits per heavy atom. The highest BCUT2D eigenvalue weighted by Gasteiger charge is 2.53. The third-order valence-electron chi connectivity index (χ3n) is 9.65. The molecule has 0 fully saturated rings. The Labute approximate surface area is 249 Å². The number of aliphatic hydroxyl groups is 2. The van der Waals surface area contributed by atoms with Crippen LogP contribution in [0.4, 0.5) is 0 Å². The molecule has 0 spiro atoms. The fourth-order valence-corrected chi connectivity index (χ4v) is 13.8. The van der Waals surface area contributed by atoms with Crippen LogP contribution in [0.25, 0.3) is 20.2 Å². The van der Waals surface area contributed by atoms with Crippen LogP contribution in [0.2, 0.25) is 36.3 Å². The molecule has 6 heteroatoms. The van der Waals surface area contributed by atoms with Crippen LogP contribution in [0.1, 0.15) is 62.4 Å². The summed E-state index contributed by atoms with van der Waals surface area (Å²) in [6.07, 6.45) is 0. The first-order valence-corrected chi connectivity index (χ1v) is 21.7. The van der Waals surface area contributed by atoms with Gasteiger partial charge in [-0.05, 0) is 48.4 Å². The molecule has 0 saturated heterocycles. The Kier molecular flexibility index (Phi) is 8.00. The molecule has 0 aliphatic heterocycles. The Bertz CT molecular complexity index is 1540. The fraction of sp³-hybridized carbons (Fsp3) is 0.412. The van der Waals surface area contributed by atoms with Gasteiger partial charge in [-0.3, -0.25) is 0 Å². The largest absolute Gasteiger partial charge is 0.369 e. The van der Waals surface area contributed by atoms with Crippen LogP contribution in [0, 0.1) is 22.9 Å². The summed E-state index contributed by atoms with van der Waals surface area (Å²) in [7, 11) is -3.73. The number of thiophene rings is 2. The molecule has 1 aliphatic rings. The first-order chi connectivity index (χ1) is 19.2. The minimum atomic E-state index is -1.87. The topological polar surface area (TPSA) is 40.5 Å². The Morgan fingerprint density at radius 1 is 0.575 bits per heavy atom. The number of hydrogen-bond acceptors (Lipinski definition) is 4. The van der Waals surface area contributed by atoms with E-state index in [0.29, 0.717) is 0 Å². The van der Waals surface area contributed by atoms with E-state index in [4.69, 9.17) is 0 Å². The summed E-state index contributed by atoms with van der Waals surface area (Å²) in [5.41, 5.74) is 5.91. The SMILES string of the molecule is CC[Si](C#CC1(O)c2sc3ccccc3c2C(O)(C#C[Si](CC)(CC)CC)c2sc3ccccc3c21)(CC)CC. The van der Waals surface area contributed by atoms with E-state index in [-0.39, 0.29) is 0 Å². The molecule has 2 atom stereocenters. The molecule has 2 aromatic heterocycles. The summed E-state index contributed by atoms with van der Waals surface area (Å²) in [6.45, 7) is 13.5. The maximum atomic E-state index is 12.9. The summed E-state index contributed by atoms with van der Waals surface area (Å²) in [4.78, 5) is 1.47. The quantitative estimate of drug-likeness (QED) is 0.171. The van der Waals surface area contributed by atoms with E-state index in [1.807, 2.05) is 24.3 Å². The minimum Gasteiger partial charge on any atom is -0.369 e. The molecule has 0 amide bonds. The van der Waals surface area contributed by atoms with E-state index in [2.05, 4.69) is 88.7 Å². The van der Waals surface area contributed by atoms with Crippen molar-refractivity contribution < 1.29 is 10.2 Å². The molecule has 0 saturated carbocycles. The number of fused-ring (bicyclic) bond motifs is 6. The molecule has 0 bridgehead atoms. The van der Waals surface area contributed by atoms with Gasteiger partial charge in [-0.1, -0.05) is 89.8 Å². The third kappa shape index (κ3) is 4.36. The van der Waals surface area contributed by atoms with Gasteiger partial charge in [0.05, 0.1) is 9.75 Å². The molecule has 2 N–H and O–H groups in total. The van der Waals surface area contributed by atoms with Crippen LogP contribution in [-0.4, -0.2) is 26.4 Å². The van der Waals surface area contributed by atoms with Gasteiger partial charge in [0.15, 0.2) is 11.2 Å². The van der Waals surface area contributed by atoms with Gasteiger partial charge >= 0.3 is 0 Å². The van der Waals surface area contributed by atoms with Crippen LogP contribution >= 0.6 is 22.7 Å². The predicted octanol–water partition coefficient (Wildman–Crippen LogP) is 9.00. The van der Waals surface area contributed by atoms with Crippen LogP contribution in [-0.2, 0) is 11.2 Å². The van der Waals surface area contributed by atoms with Crippen LogP contribution < -0.4 is 0 Å². The van der Waals surface area contributed by atoms with Crippen molar-refractivity contribution in [2.24, 2.45) is 0 Å². The first-order valence-electron chi connectivity index (χ1n) is 14.8. The van der Waals surface area contributed by atoms with Crippen molar-refractivity contribution in [2.45, 2.75) is 89.0 Å². The molecule has 2 aromatic carbocycles. The van der Waals surface area contributed by atoms with Crippen LogP contribution in [0.5, 0.6) is 0 Å². The lowest BCUT2D eigenvalue weighted by Crippen LogP contribution is -2.41. The molecule has 0 radical (unpaired) electrons. The summed E-state index contributed by atoms with van der Waals surface area (Å²) in [5.74, 6) is 7.04. The molecule has 2 nitrogen and oxygen atoms in total. The Hall–Kier alpha value is -2.17. The zero-order valence-electron chi connectivity index (χ0n) is 24.6. The summed E-state index contributed by atoms with van der Waals surface area (Å²) < 4.78 is 2.09. The number of benzene rings is 2. The van der Waals surface area contributed by atoms with Gasteiger partial charge < -0.3 is 10.2 Å². The van der Waals surface area contributed by atoms with E-state index in [9.17, 15) is 10.2 Å². The van der Waals surface area contributed by atoms with E-state index in [1.54, 1.807) is 22.7 Å². The van der Waals surface area contributed by atoms with Crippen molar-refractivity contribution in [2.75, 3.05) is 0 Å². The van der Waals surface area contributed by atoms with Gasteiger partial charge in [0.1, 0.15) is 16.1 Å². The van der Waals surface area contributed by atoms with Crippen LogP contribution in [0.15, 0.2) is 48.5 Å². The average molecular weight is 601 g/mol. The highest BCUT2D eigenvalue weighted by Crippen LogP contribution is 2.57. The van der Waals surface area contributed by atoms with Gasteiger partial charge in [0, 0.05) is 31.3 Å². The second kappa shape index (κ2) is 10.9. The standard InChI is InChI=1S/C34H40O2S2Si2/c1-7-39(8-2,9-3)23-21-33(35)29-25-17-13-15-19-27(25)38-32(29)34(36,22-24-40(10-4,11-5)12-6)30-26-18-14-16-20-28(26)37-31(30)33/h13-20,35-36H,7-12H2,1-6H3. The lowest BCUT2D eigenvalue weighted by Gasteiger charge is -2.37. The lowest BCUT2D eigenvalue weighted by atomic mass is 9.74. The molecule has 2 heterocycles. The maximum absolute atomic E-state index is 12.9. The second-order valence-corrected chi connectivity index (χ2v) is 23.2. The van der Waals surface area contributed by atoms with Crippen molar-refractivity contribution in [1.29, 1.82) is 0 Å². The highest BCUT2D eigenvalue weighted by atomic mass is 32.1. The van der Waals surface area contributed by atoms with Gasteiger partial charge in [-0.25, -0.2) is 0 Å². The predicted molar refractivity (Wildman–Crippen MR) is 180 cm³/mol. The molecule has 1 aliphatic carbocycles. The molecular weight excluding hydrogens is 561 g/mol. The number of rotatable bonds is 6. The van der Waals surface area contributed by atoms with E-state index < -0.39 is 27.3 Å². The molecular formula is C34H40O2S2Si2. The van der Waals surface area contributed by atoms with Crippen molar-refractivity contribution in [3.8, 4) is 22.9 Å². The van der Waals surface area contributed by atoms with Crippen molar-refractivity contribution in [3.63, 3.8) is 0 Å². The molecule has 4 aromatic rings. The summed E-state index contributed by atoms with van der Waals surface area (Å²) >= 11 is 3.12. The Morgan fingerprint density at radius 3 is 1.23 bits per heavy atom. The van der Waals surface area contributed by atoms with Crippen molar-refractivity contribution >= 4 is 59.0 Å². The monoisotopic (exact) mass is 600 g/mol. The average Bonchev–Trinajstić information content (AvgIpc) is 3.60. The zero-order chi connectivity index (χ0) is 28.8. The van der Waals surface area contributed by atoms with E-state index >= 15 is 0 Å². The van der Waals surface area contributed by atoms with Crippen molar-refractivity contribution in [1.82, 2.24) is 0 Å². The van der Waals surface area contributed by atoms with Gasteiger partial charge in [0.2, 0.25) is 0 Å². The smallest absolute Gasteiger partial charge is 0.187 e. The van der Waals surface area contributed by atoms with Crippen molar-refractivity contribution in [3.05, 3.63) is 69.4 Å². The van der Waals surface area contributed by atoms with Gasteiger partial charge in [-0.15, -0.1) is 33.8 Å². The maximum Gasteiger partial charge on any atom is 0.187 e. The van der Waals surface area contributed by atoms with Gasteiger partial charge in [0.25, 0.3) is 0 Å². The molecule has 208 valence electrons. The molecule has 5 rings (SSSR count). The van der Waals surface area contributed by atoms with E-state index in [0.717, 1.165) is 77.3 Å². The fourth-order valence-electron chi connectivity index (χ4n) is 6.26. The number of hydrogen-bond donors (Lipinski definition) is 2. The van der Waals surface area contributed by atoms with E-state index in [1.165, 1.54) is 0 Å². The third-order valence-corrected chi connectivity index (χ3v) is 21.6. The Balaban J connectivity index is 1.93. The zero-order valence-corrected chi connectivity index (χ0v) is 28.2. The van der Waals surface area contributed by atoms with Gasteiger partial charge in [-0.2, -0.15) is 0 Å². The molecule has 40 heavy (non-hydrogen) atoms. The minimum absolute atomic E-state index is 0.733.